The zero-order valence-electron chi connectivity index (χ0n) is 13.6. The van der Waals surface area contributed by atoms with E-state index in [0.717, 1.165) is 18.9 Å². The van der Waals surface area contributed by atoms with Gasteiger partial charge in [-0.15, -0.1) is 10.2 Å². The highest BCUT2D eigenvalue weighted by Gasteiger charge is 2.27. The summed E-state index contributed by atoms with van der Waals surface area (Å²) in [6.45, 7) is 4.18. The minimum absolute atomic E-state index is 0.218. The Morgan fingerprint density at radius 3 is 2.25 bits per heavy atom. The molecule has 3 heterocycles. The number of hydrogen-bond acceptors (Lipinski definition) is 7. The van der Waals surface area contributed by atoms with Gasteiger partial charge in [0, 0.05) is 39.3 Å². The number of rotatable bonds is 3. The number of ether oxygens (including phenoxy) is 1. The number of nitrogens with zero attached hydrogens (tertiary/aromatic N) is 5. The first-order valence-corrected chi connectivity index (χ1v) is 9.71. The average Bonchev–Trinajstić information content (AvgIpc) is 2.61. The van der Waals surface area contributed by atoms with Crippen molar-refractivity contribution in [3.8, 4) is 0 Å². The first-order chi connectivity index (χ1) is 11.4. The van der Waals surface area contributed by atoms with Gasteiger partial charge >= 0.3 is 0 Å². The highest BCUT2D eigenvalue weighted by Crippen LogP contribution is 2.13. The molecule has 0 radical (unpaired) electrons. The number of hydrogen-bond donors (Lipinski definition) is 0. The lowest BCUT2D eigenvalue weighted by atomic mass is 10.3. The van der Waals surface area contributed by atoms with Crippen molar-refractivity contribution >= 4 is 21.7 Å². The lowest BCUT2D eigenvalue weighted by Crippen LogP contribution is -2.50. The van der Waals surface area contributed by atoms with Gasteiger partial charge in [0.2, 0.25) is 10.0 Å². The van der Waals surface area contributed by atoms with Crippen LogP contribution in [0, 0.1) is 0 Å². The third kappa shape index (κ3) is 3.82. The van der Waals surface area contributed by atoms with E-state index in [-0.39, 0.29) is 11.6 Å². The number of piperazine rings is 1. The second-order valence-corrected chi connectivity index (χ2v) is 7.81. The number of amides is 1. The van der Waals surface area contributed by atoms with Crippen LogP contribution in [0.2, 0.25) is 0 Å². The fourth-order valence-electron chi connectivity index (χ4n) is 2.79. The maximum absolute atomic E-state index is 12.5. The summed E-state index contributed by atoms with van der Waals surface area (Å²) in [5, 5.41) is 8.18. The Balaban J connectivity index is 1.61. The quantitative estimate of drug-likeness (QED) is 0.688. The Bertz CT molecular complexity index is 680. The molecule has 24 heavy (non-hydrogen) atoms. The number of carbonyl (C=O) groups excluding carboxylic acids is 1. The largest absolute Gasteiger partial charge is 0.378 e. The maximum Gasteiger partial charge on any atom is 0.274 e. The minimum Gasteiger partial charge on any atom is -0.378 e. The molecular formula is C14H21N5O4S. The van der Waals surface area contributed by atoms with Crippen molar-refractivity contribution in [2.45, 2.75) is 0 Å². The van der Waals surface area contributed by atoms with Crippen molar-refractivity contribution in [2.24, 2.45) is 0 Å². The molecule has 0 unspecified atom stereocenters. The number of anilines is 1. The number of aromatic nitrogens is 2. The topological polar surface area (TPSA) is 95.9 Å². The molecule has 0 saturated carbocycles. The summed E-state index contributed by atoms with van der Waals surface area (Å²) in [5.74, 6) is 0.515. The van der Waals surface area contributed by atoms with Gasteiger partial charge in [-0.1, -0.05) is 0 Å². The molecule has 0 N–H and O–H groups in total. The molecule has 2 fully saturated rings. The van der Waals surface area contributed by atoms with Crippen molar-refractivity contribution < 1.29 is 17.9 Å². The van der Waals surface area contributed by atoms with Crippen LogP contribution in [-0.4, -0.2) is 92.5 Å². The molecule has 0 aromatic carbocycles. The monoisotopic (exact) mass is 355 g/mol. The number of sulfonamides is 1. The normalized spacial score (nSPS) is 20.2. The summed E-state index contributed by atoms with van der Waals surface area (Å²) in [4.78, 5) is 16.1. The lowest BCUT2D eigenvalue weighted by Gasteiger charge is -2.33. The summed E-state index contributed by atoms with van der Waals surface area (Å²) in [6, 6.07) is 3.46. The van der Waals surface area contributed by atoms with Crippen molar-refractivity contribution in [1.29, 1.82) is 0 Å². The van der Waals surface area contributed by atoms with Crippen molar-refractivity contribution in [3.05, 3.63) is 17.8 Å². The minimum atomic E-state index is -3.21. The van der Waals surface area contributed by atoms with Gasteiger partial charge in [-0.3, -0.25) is 4.79 Å². The Hall–Kier alpha value is -1.78. The van der Waals surface area contributed by atoms with Crippen LogP contribution >= 0.6 is 0 Å². The van der Waals surface area contributed by atoms with Gasteiger partial charge in [-0.25, -0.2) is 8.42 Å². The molecule has 0 atom stereocenters. The van der Waals surface area contributed by atoms with E-state index in [1.165, 1.54) is 10.6 Å². The van der Waals surface area contributed by atoms with Crippen LogP contribution in [0.5, 0.6) is 0 Å². The standard InChI is InChI=1S/C14H21N5O4S/c1-24(21,22)19-6-4-18(5-7-19)14(20)12-2-3-13(16-15-12)17-8-10-23-11-9-17/h2-3H,4-11H2,1H3. The molecule has 10 heteroatoms. The van der Waals surface area contributed by atoms with Crippen molar-refractivity contribution in [1.82, 2.24) is 19.4 Å². The van der Waals surface area contributed by atoms with Crippen LogP contribution in [0.1, 0.15) is 10.5 Å². The lowest BCUT2D eigenvalue weighted by molar-refractivity contribution is 0.0691. The van der Waals surface area contributed by atoms with E-state index in [1.807, 2.05) is 0 Å². The maximum atomic E-state index is 12.5. The molecule has 0 spiro atoms. The zero-order valence-corrected chi connectivity index (χ0v) is 14.4. The summed E-state index contributed by atoms with van der Waals surface area (Å²) in [5.41, 5.74) is 0.278. The third-order valence-electron chi connectivity index (χ3n) is 4.20. The Morgan fingerprint density at radius 2 is 1.71 bits per heavy atom. The van der Waals surface area contributed by atoms with E-state index in [1.54, 1.807) is 17.0 Å². The molecule has 9 nitrogen and oxygen atoms in total. The molecule has 0 bridgehead atoms. The number of carbonyl (C=O) groups is 1. The van der Waals surface area contributed by atoms with Gasteiger partial charge in [-0.05, 0) is 12.1 Å². The van der Waals surface area contributed by atoms with E-state index in [0.29, 0.717) is 39.4 Å². The molecule has 1 aromatic heterocycles. The van der Waals surface area contributed by atoms with Crippen LogP contribution < -0.4 is 4.90 Å². The van der Waals surface area contributed by atoms with Crippen LogP contribution in [0.25, 0.3) is 0 Å². The summed E-state index contributed by atoms with van der Waals surface area (Å²) >= 11 is 0. The second kappa shape index (κ2) is 6.99. The van der Waals surface area contributed by atoms with Crippen LogP contribution in [0.3, 0.4) is 0 Å². The van der Waals surface area contributed by atoms with Gasteiger partial charge in [0.25, 0.3) is 5.91 Å². The van der Waals surface area contributed by atoms with Gasteiger partial charge in [0.15, 0.2) is 11.5 Å². The molecule has 2 saturated heterocycles. The van der Waals surface area contributed by atoms with E-state index in [2.05, 4.69) is 15.1 Å². The predicted molar refractivity (Wildman–Crippen MR) is 87.4 cm³/mol. The number of morpholine rings is 1. The summed E-state index contributed by atoms with van der Waals surface area (Å²) < 4.78 is 29.7. The molecule has 0 aliphatic carbocycles. The van der Waals surface area contributed by atoms with E-state index < -0.39 is 10.0 Å². The molecule has 2 aliphatic rings. The van der Waals surface area contributed by atoms with Crippen molar-refractivity contribution in [3.63, 3.8) is 0 Å². The van der Waals surface area contributed by atoms with Crippen molar-refractivity contribution in [2.75, 3.05) is 63.6 Å². The SMILES string of the molecule is CS(=O)(=O)N1CCN(C(=O)c2ccc(N3CCOCC3)nn2)CC1. The molecule has 1 amide bonds. The summed E-state index contributed by atoms with van der Waals surface area (Å²) in [7, 11) is -3.21. The predicted octanol–water partition coefficient (Wildman–Crippen LogP) is -0.969. The average molecular weight is 355 g/mol. The molecule has 1 aromatic rings. The fourth-order valence-corrected chi connectivity index (χ4v) is 3.61. The van der Waals surface area contributed by atoms with Crippen LogP contribution in [-0.2, 0) is 14.8 Å². The Labute approximate surface area is 141 Å². The Morgan fingerprint density at radius 1 is 1.04 bits per heavy atom. The highest BCUT2D eigenvalue weighted by molar-refractivity contribution is 7.88. The molecule has 132 valence electrons. The first-order valence-electron chi connectivity index (χ1n) is 7.86. The van der Waals surface area contributed by atoms with Gasteiger partial charge in [0.05, 0.1) is 19.5 Å². The van der Waals surface area contributed by atoms with Crippen LogP contribution in [0.15, 0.2) is 12.1 Å². The summed E-state index contributed by atoms with van der Waals surface area (Å²) in [6.07, 6.45) is 1.18. The zero-order chi connectivity index (χ0) is 17.2. The van der Waals surface area contributed by atoms with Gasteiger partial charge in [0.1, 0.15) is 0 Å². The third-order valence-corrected chi connectivity index (χ3v) is 5.50. The fraction of sp³-hybridized carbons (Fsp3) is 0.643. The van der Waals surface area contributed by atoms with E-state index in [9.17, 15) is 13.2 Å². The highest BCUT2D eigenvalue weighted by atomic mass is 32.2. The Kier molecular flexibility index (Phi) is 4.97. The van der Waals surface area contributed by atoms with Gasteiger partial charge in [-0.2, -0.15) is 4.31 Å². The smallest absolute Gasteiger partial charge is 0.274 e. The molecule has 2 aliphatic heterocycles. The van der Waals surface area contributed by atoms with Gasteiger partial charge < -0.3 is 14.5 Å². The molecular weight excluding hydrogens is 334 g/mol. The second-order valence-electron chi connectivity index (χ2n) is 5.83. The van der Waals surface area contributed by atoms with E-state index >= 15 is 0 Å². The molecule has 3 rings (SSSR count). The first kappa shape index (κ1) is 17.1. The van der Waals surface area contributed by atoms with Crippen LogP contribution in [0.4, 0.5) is 5.82 Å². The van der Waals surface area contributed by atoms with E-state index in [4.69, 9.17) is 4.74 Å².